The van der Waals surface area contributed by atoms with Crippen molar-refractivity contribution in [2.75, 3.05) is 80.0 Å². The van der Waals surface area contributed by atoms with E-state index in [0.717, 1.165) is 149 Å². The van der Waals surface area contributed by atoms with Crippen LogP contribution < -0.4 is 15.5 Å². The van der Waals surface area contributed by atoms with Gasteiger partial charge >= 0.3 is 12.2 Å². The van der Waals surface area contributed by atoms with Crippen LogP contribution in [0.2, 0.25) is 25.1 Å². The Labute approximate surface area is 825 Å². The fourth-order valence-electron chi connectivity index (χ4n) is 20.6. The van der Waals surface area contributed by atoms with E-state index in [1.807, 2.05) is 145 Å². The third-order valence-electron chi connectivity index (χ3n) is 26.9. The van der Waals surface area contributed by atoms with E-state index in [1.54, 1.807) is 37.5 Å². The van der Waals surface area contributed by atoms with E-state index >= 15 is 0 Å². The van der Waals surface area contributed by atoms with Crippen LogP contribution in [0.1, 0.15) is 160 Å². The monoisotopic (exact) mass is 2030 g/mol. The van der Waals surface area contributed by atoms with E-state index in [2.05, 4.69) is 152 Å². The van der Waals surface area contributed by atoms with Crippen LogP contribution in [-0.4, -0.2) is 143 Å². The number of carbonyl (C=O) groups is 3. The first kappa shape index (κ1) is 94.5. The van der Waals surface area contributed by atoms with Crippen molar-refractivity contribution in [1.82, 2.24) is 49.8 Å². The molecule has 6 N–H and O–H groups in total. The zero-order valence-electron chi connectivity index (χ0n) is 75.4. The number of amides is 3. The van der Waals surface area contributed by atoms with E-state index in [-0.39, 0.29) is 54.3 Å². The summed E-state index contributed by atoms with van der Waals surface area (Å²) in [5.74, 6) is 1.51. The number of aromatic nitrogens is 5. The fraction of sp³-hybridized carbons (Fsp3) is 0.296. The van der Waals surface area contributed by atoms with Gasteiger partial charge in [0.2, 0.25) is 5.91 Å². The molecule has 20 nitrogen and oxygen atoms in total. The van der Waals surface area contributed by atoms with E-state index in [1.165, 1.54) is 98.2 Å². The second-order valence-corrected chi connectivity index (χ2v) is 38.8. The number of hydrogen-bond donors (Lipinski definition) is 6. The predicted molar refractivity (Wildman–Crippen MR) is 547 cm³/mol. The molecule has 10 aromatic carbocycles. The third kappa shape index (κ3) is 20.5. The highest BCUT2D eigenvalue weighted by atomic mass is 79.9. The molecule has 5 unspecified atom stereocenters. The number of methoxy groups -OCH3 is 2. The number of carbonyl (C=O) groups excluding carboxylic acids is 3. The highest BCUT2D eigenvalue weighted by Gasteiger charge is 2.41. The van der Waals surface area contributed by atoms with Crippen molar-refractivity contribution in [2.24, 2.45) is 5.92 Å². The Morgan fingerprint density at radius 3 is 1.62 bits per heavy atom. The first-order valence-electron chi connectivity index (χ1n) is 46.2. The predicted octanol–water partition coefficient (Wildman–Crippen LogP) is 26.2. The Morgan fingerprint density at radius 2 is 0.978 bits per heavy atom. The van der Waals surface area contributed by atoms with E-state index in [4.69, 9.17) is 86.1 Å². The second kappa shape index (κ2) is 42.8. The van der Waals surface area contributed by atoms with E-state index < -0.39 is 0 Å². The molecule has 1 saturated carbocycles. The third-order valence-corrected chi connectivity index (χ3v) is 29.2. The van der Waals surface area contributed by atoms with Crippen molar-refractivity contribution < 1.29 is 42.5 Å². The molecule has 27 heteroatoms. The summed E-state index contributed by atoms with van der Waals surface area (Å²) in [5.41, 5.74) is 23.3. The number of halogens is 7. The summed E-state index contributed by atoms with van der Waals surface area (Å²) in [6.07, 6.45) is 12.8. The number of rotatable bonds is 16. The highest BCUT2D eigenvalue weighted by Crippen LogP contribution is 2.48. The maximum Gasteiger partial charge on any atom is 0.410 e. The van der Waals surface area contributed by atoms with Gasteiger partial charge in [0.15, 0.2) is 5.43 Å². The Kier molecular flexibility index (Phi) is 30.0. The number of benzene rings is 10. The fourth-order valence-corrected chi connectivity index (χ4v) is 22.3. The zero-order chi connectivity index (χ0) is 93.5. The van der Waals surface area contributed by atoms with Crippen molar-refractivity contribution in [3.63, 3.8) is 0 Å². The SMILES string of the molecule is CCOC(=O)N1CCc2c([nH]c3ccc(Br)cc23)C1Cc1ccc(Cl)cc1Cl.CCOC(=O)N1CCc2c([nH]c3ccccc23)C1c1ccc(OC)cc1.COCCOCC(=O)N1CCc2c([nH]c3ccc(Br)cc23)C1c1ccc(Cl)cc1.Clc1ccc2[nH]c3c(c2c1)CCN(Cc1ccccc1)C3C1CCCCC1.O=c1c(C2NCCc3c2[nH]c2ccc(Cl)cc32)coc2ccccc12. The smallest absolute Gasteiger partial charge is 0.410 e. The summed E-state index contributed by atoms with van der Waals surface area (Å²) in [6, 6.07) is 71.9. The molecule has 22 rings (SSSR count). The molecule has 1 aliphatic carbocycles. The van der Waals surface area contributed by atoms with Crippen LogP contribution in [0, 0.1) is 5.92 Å². The van der Waals surface area contributed by atoms with Gasteiger partial charge in [0, 0.05) is 170 Å². The molecule has 0 saturated heterocycles. The average Bonchev–Trinajstić information content (AvgIpc) is 1.62. The van der Waals surface area contributed by atoms with Crippen LogP contribution in [0.3, 0.4) is 0 Å². The molecule has 16 aromatic rings. The zero-order valence-corrected chi connectivity index (χ0v) is 82.4. The summed E-state index contributed by atoms with van der Waals surface area (Å²) >= 11 is 38.2. The minimum absolute atomic E-state index is 0.00360. The molecular formula is C108H105Br2Cl5N10O10. The maximum absolute atomic E-state index is 13.0. The van der Waals surface area contributed by atoms with Gasteiger partial charge in [0.25, 0.3) is 0 Å². The number of aromatic amines is 5. The molecule has 6 aliphatic rings. The highest BCUT2D eigenvalue weighted by molar-refractivity contribution is 9.10. The number of fused-ring (bicyclic) bond motifs is 16. The summed E-state index contributed by atoms with van der Waals surface area (Å²) in [7, 11) is 3.26. The number of hydrogen-bond acceptors (Lipinski definition) is 12. The van der Waals surface area contributed by atoms with Gasteiger partial charge in [-0.3, -0.25) is 24.3 Å². The Bertz CT molecular complexity index is 7030. The molecule has 11 heterocycles. The number of H-pyrrole nitrogens is 5. The summed E-state index contributed by atoms with van der Waals surface area (Å²) in [4.78, 5) is 77.3. The van der Waals surface area contributed by atoms with Crippen molar-refractivity contribution in [3.05, 3.63) is 353 Å². The molecule has 0 bridgehead atoms. The van der Waals surface area contributed by atoms with Crippen LogP contribution in [0.25, 0.3) is 65.5 Å². The molecular weight excluding hydrogens is 1930 g/mol. The lowest BCUT2D eigenvalue weighted by Gasteiger charge is -2.42. The lowest BCUT2D eigenvalue weighted by Crippen LogP contribution is -2.42. The summed E-state index contributed by atoms with van der Waals surface area (Å²) in [6.45, 7) is 10.1. The lowest BCUT2D eigenvalue weighted by atomic mass is 9.79. The molecule has 3 amide bonds. The van der Waals surface area contributed by atoms with Crippen LogP contribution in [-0.2, 0) is 68.8 Å². The molecule has 0 radical (unpaired) electrons. The number of nitrogens with one attached hydrogen (secondary N) is 6. The minimum Gasteiger partial charge on any atom is -0.497 e. The lowest BCUT2D eigenvalue weighted by molar-refractivity contribution is -0.138. The Balaban J connectivity index is 0.000000113. The molecule has 1 fully saturated rings. The van der Waals surface area contributed by atoms with Crippen LogP contribution in [0.15, 0.2) is 243 Å². The van der Waals surface area contributed by atoms with Crippen molar-refractivity contribution >= 4 is 173 Å². The topological polar surface area (TPSA) is 232 Å². The van der Waals surface area contributed by atoms with Crippen LogP contribution >= 0.6 is 89.9 Å². The second-order valence-electron chi connectivity index (χ2n) is 34.8. The van der Waals surface area contributed by atoms with Gasteiger partial charge in [-0.1, -0.05) is 200 Å². The molecule has 0 spiro atoms. The molecule has 5 aliphatic heterocycles. The number of nitrogens with zero attached hydrogens (tertiary/aromatic N) is 4. The van der Waals surface area contributed by atoms with Crippen molar-refractivity contribution in [3.8, 4) is 5.75 Å². The van der Waals surface area contributed by atoms with Crippen LogP contribution in [0.5, 0.6) is 5.75 Å². The largest absolute Gasteiger partial charge is 0.497 e. The summed E-state index contributed by atoms with van der Waals surface area (Å²) in [5, 5.41) is 13.5. The van der Waals surface area contributed by atoms with Gasteiger partial charge in [-0.15, -0.1) is 0 Å². The Morgan fingerprint density at radius 1 is 0.474 bits per heavy atom. The summed E-state index contributed by atoms with van der Waals surface area (Å²) < 4.78 is 34.2. The molecule has 5 atom stereocenters. The van der Waals surface area contributed by atoms with Gasteiger partial charge in [0.1, 0.15) is 30.2 Å². The molecule has 135 heavy (non-hydrogen) atoms. The van der Waals surface area contributed by atoms with E-state index in [9.17, 15) is 19.2 Å². The van der Waals surface area contributed by atoms with Gasteiger partial charge in [-0.05, 0) is 242 Å². The van der Waals surface area contributed by atoms with Gasteiger partial charge < -0.3 is 63.2 Å². The Hall–Kier alpha value is -10.8. The van der Waals surface area contributed by atoms with Gasteiger partial charge in [-0.2, -0.15) is 0 Å². The van der Waals surface area contributed by atoms with E-state index in [0.29, 0.717) is 90.1 Å². The average molecular weight is 2040 g/mol. The first-order valence-corrected chi connectivity index (χ1v) is 49.7. The number of ether oxygens (including phenoxy) is 5. The molecule has 6 aromatic heterocycles. The first-order chi connectivity index (χ1) is 65.8. The number of para-hydroxylation sites is 2. The molecule has 696 valence electrons. The maximum atomic E-state index is 13.0. The van der Waals surface area contributed by atoms with Gasteiger partial charge in [0.05, 0.1) is 68.7 Å². The van der Waals surface area contributed by atoms with Crippen LogP contribution in [0.4, 0.5) is 9.59 Å². The quantitative estimate of drug-likeness (QED) is 0.0496. The van der Waals surface area contributed by atoms with Crippen molar-refractivity contribution in [2.45, 2.75) is 121 Å². The van der Waals surface area contributed by atoms with Gasteiger partial charge in [-0.25, -0.2) is 9.59 Å². The normalized spacial score (nSPS) is 17.5. The van der Waals surface area contributed by atoms with Crippen molar-refractivity contribution in [1.29, 1.82) is 0 Å². The standard InChI is InChI=1S/C24H27ClN2.C22H22BrClN2O3.C21H19BrCl2N2O2.C21H22N2O3.C20H15ClN2O2/c25-19-11-12-22-21(15-19)20-13-14-27(16-17-7-3-1-4-8-17)24(23(20)26-22)18-9-5-2-6-10-18;1-28-10-11-29-13-20(27)26-9-8-17-18-12-15(23)4-7-19(18)25-21(17)22(26)14-2-5-16(24)6-3-14;1-2-28-21(27)26-8-7-15-16-10-13(22)4-6-18(16)25-20(15)19(26)9-12-3-5-14(23)11-17(12)24;1-3-26-21(24)23-13-12-17-16-6-4-5-7-18(16)22-19(17)20(23)14-8-10-15(25-2)11-9-14;21-11-5-6-16-14(9-11)12-7-8-22-18(19(12)23-16)15-10-25-17-4-2-1-3-13(17)20(15)24/h1,3-4,7-8,11-12,15,18,24,26H,2,5-6,9-10,13-14,16H2;2-7,12,22,25H,8-11,13H2,1H3;3-6,10-11,19,25H,2,7-9H2,1H3;4-11,20,22H,3,12-13H2,1-2H3;1-6,9-10,18,22-23H,7-8H2. The minimum atomic E-state index is -0.303.